The average Bonchev–Trinajstić information content (AvgIpc) is 2.47. The third-order valence-electron chi connectivity index (χ3n) is 3.81. The van der Waals surface area contributed by atoms with E-state index in [-0.39, 0.29) is 17.7 Å². The van der Waals surface area contributed by atoms with E-state index in [0.29, 0.717) is 26.1 Å². The molecule has 0 saturated carbocycles. The quantitative estimate of drug-likeness (QED) is 0.895. The van der Waals surface area contributed by atoms with Gasteiger partial charge in [0.2, 0.25) is 11.8 Å². The molecule has 0 radical (unpaired) electrons. The fourth-order valence-electron chi connectivity index (χ4n) is 2.58. The number of nitrogens with zero attached hydrogens (tertiary/aromatic N) is 1. The van der Waals surface area contributed by atoms with Crippen LogP contribution in [0.2, 0.25) is 0 Å². The molecular weight excluding hydrogens is 268 g/mol. The van der Waals surface area contributed by atoms with Gasteiger partial charge in [-0.15, -0.1) is 0 Å². The Balaban J connectivity index is 1.97. The highest BCUT2D eigenvalue weighted by molar-refractivity contribution is 5.77. The van der Waals surface area contributed by atoms with Gasteiger partial charge >= 0.3 is 0 Å². The molecule has 2 rings (SSSR count). The highest BCUT2D eigenvalue weighted by Crippen LogP contribution is 2.18. The number of carbonyl (C=O) groups excluding carboxylic acids is 2. The summed E-state index contributed by atoms with van der Waals surface area (Å²) in [6.45, 7) is 3.48. The van der Waals surface area contributed by atoms with Crippen LogP contribution in [0.1, 0.15) is 25.3 Å². The summed E-state index contributed by atoms with van der Waals surface area (Å²) in [6, 6.07) is 7.70. The Labute approximate surface area is 125 Å². The van der Waals surface area contributed by atoms with Gasteiger partial charge in [-0.25, -0.2) is 0 Å². The van der Waals surface area contributed by atoms with Gasteiger partial charge in [-0.1, -0.05) is 12.1 Å². The van der Waals surface area contributed by atoms with Crippen molar-refractivity contribution >= 4 is 11.8 Å². The minimum Gasteiger partial charge on any atom is -0.497 e. The lowest BCUT2D eigenvalue weighted by atomic mass is 9.96. The van der Waals surface area contributed by atoms with Crippen molar-refractivity contribution in [3.63, 3.8) is 0 Å². The standard InChI is InChI=1S/C16H22N2O3/c1-12(19)18(11-14-7-8-17-16(20)9-14)10-13-3-5-15(21-2)6-4-13/h3-6,14H,7-11H2,1-2H3,(H,17,20). The van der Waals surface area contributed by atoms with Crippen LogP contribution in [0, 0.1) is 5.92 Å². The SMILES string of the molecule is COc1ccc(CN(CC2CCNC(=O)C2)C(C)=O)cc1. The second kappa shape index (κ2) is 7.11. The summed E-state index contributed by atoms with van der Waals surface area (Å²) in [5.74, 6) is 1.17. The molecule has 1 aliphatic heterocycles. The van der Waals surface area contributed by atoms with Crippen LogP contribution < -0.4 is 10.1 Å². The van der Waals surface area contributed by atoms with Gasteiger partial charge in [0.15, 0.2) is 0 Å². The van der Waals surface area contributed by atoms with E-state index in [2.05, 4.69) is 5.32 Å². The molecule has 5 heteroatoms. The predicted octanol–water partition coefficient (Wildman–Crippen LogP) is 1.57. The Morgan fingerprint density at radius 1 is 1.38 bits per heavy atom. The molecule has 1 N–H and O–H groups in total. The number of hydrogen-bond donors (Lipinski definition) is 1. The zero-order chi connectivity index (χ0) is 15.2. The predicted molar refractivity (Wildman–Crippen MR) is 79.8 cm³/mol. The summed E-state index contributed by atoms with van der Waals surface area (Å²) in [4.78, 5) is 25.1. The average molecular weight is 290 g/mol. The molecule has 0 aromatic heterocycles. The Hall–Kier alpha value is -2.04. The summed E-state index contributed by atoms with van der Waals surface area (Å²) < 4.78 is 5.13. The minimum absolute atomic E-state index is 0.0387. The van der Waals surface area contributed by atoms with Gasteiger partial charge < -0.3 is 15.0 Å². The van der Waals surface area contributed by atoms with Crippen molar-refractivity contribution in [3.8, 4) is 5.75 Å². The second-order valence-electron chi connectivity index (χ2n) is 5.46. The van der Waals surface area contributed by atoms with E-state index < -0.39 is 0 Å². The fraction of sp³-hybridized carbons (Fsp3) is 0.500. The van der Waals surface area contributed by atoms with E-state index in [0.717, 1.165) is 17.7 Å². The summed E-state index contributed by atoms with van der Waals surface area (Å²) in [7, 11) is 1.63. The van der Waals surface area contributed by atoms with Crippen LogP contribution in [0.4, 0.5) is 0 Å². The van der Waals surface area contributed by atoms with Crippen LogP contribution in [0.15, 0.2) is 24.3 Å². The smallest absolute Gasteiger partial charge is 0.220 e. The Morgan fingerprint density at radius 2 is 2.10 bits per heavy atom. The highest BCUT2D eigenvalue weighted by atomic mass is 16.5. The van der Waals surface area contributed by atoms with Gasteiger partial charge in [0.25, 0.3) is 0 Å². The number of methoxy groups -OCH3 is 1. The van der Waals surface area contributed by atoms with Gasteiger partial charge in [-0.05, 0) is 30.0 Å². The lowest BCUT2D eigenvalue weighted by Gasteiger charge is -2.29. The number of benzene rings is 1. The molecule has 21 heavy (non-hydrogen) atoms. The highest BCUT2D eigenvalue weighted by Gasteiger charge is 2.22. The summed E-state index contributed by atoms with van der Waals surface area (Å²) in [6.07, 6.45) is 1.44. The first-order valence-corrected chi connectivity index (χ1v) is 7.23. The van der Waals surface area contributed by atoms with Gasteiger partial charge in [-0.3, -0.25) is 9.59 Å². The van der Waals surface area contributed by atoms with E-state index in [4.69, 9.17) is 4.74 Å². The van der Waals surface area contributed by atoms with E-state index in [1.807, 2.05) is 29.2 Å². The van der Waals surface area contributed by atoms with Crippen LogP contribution in [-0.2, 0) is 16.1 Å². The number of amides is 2. The summed E-state index contributed by atoms with van der Waals surface area (Å²) in [5, 5.41) is 2.82. The maximum atomic E-state index is 11.8. The normalized spacial score (nSPS) is 18.0. The molecule has 1 fully saturated rings. The molecule has 1 saturated heterocycles. The number of hydrogen-bond acceptors (Lipinski definition) is 3. The molecule has 5 nitrogen and oxygen atoms in total. The molecule has 1 aromatic rings. The first-order chi connectivity index (χ1) is 10.1. The molecule has 1 aliphatic rings. The molecule has 0 aliphatic carbocycles. The van der Waals surface area contributed by atoms with Gasteiger partial charge in [0.05, 0.1) is 7.11 Å². The maximum Gasteiger partial charge on any atom is 0.220 e. The maximum absolute atomic E-state index is 11.8. The van der Waals surface area contributed by atoms with Gasteiger partial charge in [-0.2, -0.15) is 0 Å². The molecule has 1 unspecified atom stereocenters. The number of nitrogens with one attached hydrogen (secondary N) is 1. The summed E-state index contributed by atoms with van der Waals surface area (Å²) >= 11 is 0. The lowest BCUT2D eigenvalue weighted by Crippen LogP contribution is -2.40. The lowest BCUT2D eigenvalue weighted by molar-refractivity contribution is -0.131. The zero-order valence-electron chi connectivity index (χ0n) is 12.6. The molecule has 2 amide bonds. The van der Waals surface area contributed by atoms with Crippen molar-refractivity contribution in [1.82, 2.24) is 10.2 Å². The van der Waals surface area contributed by atoms with E-state index in [9.17, 15) is 9.59 Å². The molecule has 114 valence electrons. The molecule has 0 bridgehead atoms. The monoisotopic (exact) mass is 290 g/mol. The molecule has 0 spiro atoms. The van der Waals surface area contributed by atoms with Crippen molar-refractivity contribution in [1.29, 1.82) is 0 Å². The minimum atomic E-state index is 0.0387. The molecule has 1 aromatic carbocycles. The fourth-order valence-corrected chi connectivity index (χ4v) is 2.58. The number of carbonyl (C=O) groups is 2. The van der Waals surface area contributed by atoms with Crippen molar-refractivity contribution in [2.75, 3.05) is 20.2 Å². The first-order valence-electron chi connectivity index (χ1n) is 7.23. The number of piperidine rings is 1. The zero-order valence-corrected chi connectivity index (χ0v) is 12.6. The summed E-state index contributed by atoms with van der Waals surface area (Å²) in [5.41, 5.74) is 1.06. The Kier molecular flexibility index (Phi) is 5.20. The van der Waals surface area contributed by atoms with Crippen LogP contribution in [0.25, 0.3) is 0 Å². The van der Waals surface area contributed by atoms with Crippen LogP contribution in [0.5, 0.6) is 5.75 Å². The van der Waals surface area contributed by atoms with E-state index in [1.54, 1.807) is 14.0 Å². The Bertz CT molecular complexity index is 499. The van der Waals surface area contributed by atoms with Gasteiger partial charge in [0.1, 0.15) is 5.75 Å². The van der Waals surface area contributed by atoms with Crippen LogP contribution in [0.3, 0.4) is 0 Å². The number of rotatable bonds is 5. The molecule has 1 atom stereocenters. The first kappa shape index (κ1) is 15.4. The second-order valence-corrected chi connectivity index (χ2v) is 5.46. The van der Waals surface area contributed by atoms with Crippen molar-refractivity contribution < 1.29 is 14.3 Å². The third kappa shape index (κ3) is 4.48. The topological polar surface area (TPSA) is 58.6 Å². The van der Waals surface area contributed by atoms with Crippen molar-refractivity contribution in [2.45, 2.75) is 26.3 Å². The van der Waals surface area contributed by atoms with Gasteiger partial charge in [0, 0.05) is 33.0 Å². The molecule has 1 heterocycles. The van der Waals surface area contributed by atoms with Crippen LogP contribution in [-0.4, -0.2) is 36.9 Å². The van der Waals surface area contributed by atoms with E-state index >= 15 is 0 Å². The van der Waals surface area contributed by atoms with Crippen molar-refractivity contribution in [3.05, 3.63) is 29.8 Å². The van der Waals surface area contributed by atoms with Crippen LogP contribution >= 0.6 is 0 Å². The molecular formula is C16H22N2O3. The Morgan fingerprint density at radius 3 is 2.67 bits per heavy atom. The van der Waals surface area contributed by atoms with Crippen molar-refractivity contribution in [2.24, 2.45) is 5.92 Å². The van der Waals surface area contributed by atoms with E-state index in [1.165, 1.54) is 0 Å². The largest absolute Gasteiger partial charge is 0.497 e. The third-order valence-corrected chi connectivity index (χ3v) is 3.81. The number of ether oxygens (including phenoxy) is 1.